The maximum absolute atomic E-state index is 14.0. The molecule has 0 radical (unpaired) electrons. The minimum atomic E-state index is -0.545. The van der Waals surface area contributed by atoms with E-state index >= 15 is 0 Å². The van der Waals surface area contributed by atoms with Gasteiger partial charge in [-0.3, -0.25) is 4.79 Å². The van der Waals surface area contributed by atoms with E-state index in [1.54, 1.807) is 6.07 Å². The van der Waals surface area contributed by atoms with Gasteiger partial charge in [-0.15, -0.1) is 0 Å². The topological polar surface area (TPSA) is 71.3 Å². The summed E-state index contributed by atoms with van der Waals surface area (Å²) >= 11 is 5.78. The first-order valence-corrected chi connectivity index (χ1v) is 9.96. The Hall–Kier alpha value is -2.67. The largest absolute Gasteiger partial charge is 0.443 e. The summed E-state index contributed by atoms with van der Waals surface area (Å²) in [5.41, 5.74) is 1.71. The number of furan rings is 1. The predicted molar refractivity (Wildman–Crippen MR) is 111 cm³/mol. The van der Waals surface area contributed by atoms with Crippen LogP contribution in [0.1, 0.15) is 30.0 Å². The van der Waals surface area contributed by atoms with Crippen LogP contribution >= 0.6 is 11.6 Å². The molecule has 1 saturated heterocycles. The van der Waals surface area contributed by atoms with Gasteiger partial charge in [-0.1, -0.05) is 11.6 Å². The number of hydrogen-bond donors (Lipinski definition) is 1. The van der Waals surface area contributed by atoms with Crippen LogP contribution in [0.2, 0.25) is 5.02 Å². The summed E-state index contributed by atoms with van der Waals surface area (Å²) in [4.78, 5) is 23.9. The van der Waals surface area contributed by atoms with Crippen LogP contribution in [0.15, 0.2) is 22.6 Å². The van der Waals surface area contributed by atoms with Crippen molar-refractivity contribution in [2.45, 2.75) is 33.6 Å². The highest BCUT2D eigenvalue weighted by Crippen LogP contribution is 2.33. The molecule has 0 saturated carbocycles. The van der Waals surface area contributed by atoms with E-state index in [0.717, 1.165) is 41.9 Å². The van der Waals surface area contributed by atoms with E-state index in [1.807, 2.05) is 20.8 Å². The molecule has 152 valence electrons. The number of aryl methyl sites for hydroxylation is 3. The molecule has 1 aliphatic heterocycles. The van der Waals surface area contributed by atoms with E-state index in [-0.39, 0.29) is 17.5 Å². The highest BCUT2D eigenvalue weighted by atomic mass is 35.5. The number of carbonyl (C=O) groups is 1. The number of nitrogens with zero attached hydrogens (tertiary/aromatic N) is 3. The van der Waals surface area contributed by atoms with Crippen LogP contribution in [0.3, 0.4) is 0 Å². The van der Waals surface area contributed by atoms with E-state index in [2.05, 4.69) is 20.2 Å². The van der Waals surface area contributed by atoms with Crippen LogP contribution in [-0.2, 0) is 4.79 Å². The average molecular weight is 417 g/mol. The van der Waals surface area contributed by atoms with Gasteiger partial charge in [-0.25, -0.2) is 9.37 Å². The first kappa shape index (κ1) is 19.6. The summed E-state index contributed by atoms with van der Waals surface area (Å²) in [7, 11) is 0. The minimum Gasteiger partial charge on any atom is -0.443 e. The lowest BCUT2D eigenvalue weighted by molar-refractivity contribution is -0.120. The number of hydrogen-bond acceptors (Lipinski definition) is 5. The first-order valence-electron chi connectivity index (χ1n) is 9.58. The first-order chi connectivity index (χ1) is 13.8. The van der Waals surface area contributed by atoms with Crippen LogP contribution in [0.5, 0.6) is 0 Å². The summed E-state index contributed by atoms with van der Waals surface area (Å²) < 4.78 is 19.8. The van der Waals surface area contributed by atoms with Crippen LogP contribution in [0.4, 0.5) is 15.9 Å². The molecule has 0 aliphatic carbocycles. The zero-order valence-corrected chi connectivity index (χ0v) is 17.3. The van der Waals surface area contributed by atoms with Crippen molar-refractivity contribution in [2.75, 3.05) is 23.3 Å². The Morgan fingerprint density at radius 3 is 2.86 bits per heavy atom. The van der Waals surface area contributed by atoms with Crippen molar-refractivity contribution in [1.82, 2.24) is 9.97 Å². The number of benzene rings is 1. The number of anilines is 2. The lowest BCUT2D eigenvalue weighted by Crippen LogP contribution is -2.41. The second-order valence-electron chi connectivity index (χ2n) is 7.46. The number of rotatable bonds is 3. The molecule has 0 unspecified atom stereocenters. The summed E-state index contributed by atoms with van der Waals surface area (Å²) in [5.74, 6) is 1.19. The minimum absolute atomic E-state index is 0.137. The fourth-order valence-electron chi connectivity index (χ4n) is 3.77. The molecular weight excluding hydrogens is 395 g/mol. The van der Waals surface area contributed by atoms with Crippen molar-refractivity contribution in [3.05, 3.63) is 46.2 Å². The number of nitrogens with one attached hydrogen (secondary N) is 1. The van der Waals surface area contributed by atoms with E-state index in [1.165, 1.54) is 12.1 Å². The number of piperidine rings is 1. The van der Waals surface area contributed by atoms with Crippen LogP contribution in [0.25, 0.3) is 11.1 Å². The van der Waals surface area contributed by atoms with E-state index in [0.29, 0.717) is 23.1 Å². The Kier molecular flexibility index (Phi) is 5.17. The van der Waals surface area contributed by atoms with Gasteiger partial charge in [0.25, 0.3) is 0 Å². The smallest absolute Gasteiger partial charge is 0.231 e. The van der Waals surface area contributed by atoms with Crippen LogP contribution in [0, 0.1) is 32.5 Å². The Balaban J connectivity index is 1.59. The fraction of sp³-hybridized carbons (Fsp3) is 0.381. The van der Waals surface area contributed by atoms with Gasteiger partial charge in [-0.2, -0.15) is 4.98 Å². The lowest BCUT2D eigenvalue weighted by atomic mass is 9.96. The molecule has 1 aliphatic rings. The zero-order valence-electron chi connectivity index (χ0n) is 16.6. The van der Waals surface area contributed by atoms with Gasteiger partial charge in [0.1, 0.15) is 23.2 Å². The Morgan fingerprint density at radius 1 is 1.31 bits per heavy atom. The molecule has 1 amide bonds. The molecule has 4 rings (SSSR count). The Morgan fingerprint density at radius 2 is 2.10 bits per heavy atom. The number of carbonyl (C=O) groups excluding carboxylic acids is 1. The lowest BCUT2D eigenvalue weighted by Gasteiger charge is -2.33. The van der Waals surface area contributed by atoms with E-state index < -0.39 is 5.82 Å². The quantitative estimate of drug-likeness (QED) is 0.664. The Labute approximate surface area is 173 Å². The van der Waals surface area contributed by atoms with Crippen molar-refractivity contribution in [3.8, 4) is 0 Å². The summed E-state index contributed by atoms with van der Waals surface area (Å²) in [5, 5.41) is 3.87. The second-order valence-corrected chi connectivity index (χ2v) is 7.89. The normalized spacial score (nSPS) is 17.0. The van der Waals surface area contributed by atoms with Crippen molar-refractivity contribution in [1.29, 1.82) is 0 Å². The van der Waals surface area contributed by atoms with Gasteiger partial charge in [-0.05, 0) is 51.8 Å². The number of halogens is 2. The van der Waals surface area contributed by atoms with Crippen molar-refractivity contribution in [3.63, 3.8) is 0 Å². The molecule has 1 fully saturated rings. The molecule has 1 N–H and O–H groups in total. The summed E-state index contributed by atoms with van der Waals surface area (Å²) in [6.45, 7) is 7.00. The molecule has 2 aromatic heterocycles. The van der Waals surface area contributed by atoms with Gasteiger partial charge in [0, 0.05) is 23.7 Å². The molecule has 1 aromatic carbocycles. The monoisotopic (exact) mass is 416 g/mol. The molecule has 3 heterocycles. The maximum atomic E-state index is 14.0. The summed E-state index contributed by atoms with van der Waals surface area (Å²) in [6, 6.07) is 4.22. The number of fused-ring (bicyclic) bond motifs is 1. The molecule has 8 heteroatoms. The van der Waals surface area contributed by atoms with E-state index in [9.17, 15) is 9.18 Å². The highest BCUT2D eigenvalue weighted by molar-refractivity contribution is 6.30. The molecule has 0 spiro atoms. The fourth-order valence-corrected chi connectivity index (χ4v) is 3.93. The van der Waals surface area contributed by atoms with Gasteiger partial charge in [0.15, 0.2) is 0 Å². The van der Waals surface area contributed by atoms with Crippen molar-refractivity contribution >= 4 is 40.1 Å². The average Bonchev–Trinajstić information content (AvgIpc) is 2.97. The third kappa shape index (κ3) is 3.79. The number of aromatic nitrogens is 2. The van der Waals surface area contributed by atoms with Gasteiger partial charge in [0.05, 0.1) is 17.0 Å². The third-order valence-corrected chi connectivity index (χ3v) is 5.64. The van der Waals surface area contributed by atoms with E-state index in [4.69, 9.17) is 16.0 Å². The van der Waals surface area contributed by atoms with Gasteiger partial charge < -0.3 is 14.6 Å². The SMILES string of the molecule is Cc1nc(N2CCC[C@@H](C(=O)Nc3ccc(Cl)cc3F)C2)c2c(C)c(C)oc2n1. The molecule has 0 bridgehead atoms. The predicted octanol–water partition coefficient (Wildman–Crippen LogP) is 4.80. The van der Waals surface area contributed by atoms with Crippen molar-refractivity contribution < 1.29 is 13.6 Å². The molecule has 3 aromatic rings. The maximum Gasteiger partial charge on any atom is 0.231 e. The molecule has 6 nitrogen and oxygen atoms in total. The highest BCUT2D eigenvalue weighted by Gasteiger charge is 2.29. The molecule has 29 heavy (non-hydrogen) atoms. The standard InChI is InChI=1S/C21H22ClFN4O2/c1-11-12(2)29-21-18(11)19(24-13(3)25-21)27-8-4-5-14(10-27)20(28)26-17-7-6-15(22)9-16(17)23/h6-7,9,14H,4-5,8,10H2,1-3H3,(H,26,28)/t14-/m1/s1. The van der Waals surface area contributed by atoms with Crippen molar-refractivity contribution in [2.24, 2.45) is 5.92 Å². The second kappa shape index (κ2) is 7.63. The van der Waals surface area contributed by atoms with Gasteiger partial charge >= 0.3 is 0 Å². The Bertz CT molecular complexity index is 1100. The van der Waals surface area contributed by atoms with Gasteiger partial charge in [0.2, 0.25) is 11.6 Å². The number of amides is 1. The zero-order chi connectivity index (χ0) is 20.7. The molecular formula is C21H22ClFN4O2. The van der Waals surface area contributed by atoms with Crippen LogP contribution < -0.4 is 10.2 Å². The molecule has 1 atom stereocenters. The third-order valence-electron chi connectivity index (χ3n) is 5.40. The summed E-state index contributed by atoms with van der Waals surface area (Å²) in [6.07, 6.45) is 1.57. The van der Waals surface area contributed by atoms with Crippen LogP contribution in [-0.4, -0.2) is 29.0 Å².